The van der Waals surface area contributed by atoms with Crippen molar-refractivity contribution >= 4 is 28.5 Å². The molecule has 0 aliphatic carbocycles. The molecule has 0 N–H and O–H groups in total. The van der Waals surface area contributed by atoms with Crippen molar-refractivity contribution in [1.29, 1.82) is 0 Å². The summed E-state index contributed by atoms with van der Waals surface area (Å²) in [6.45, 7) is 2.04. The van der Waals surface area contributed by atoms with E-state index in [2.05, 4.69) is 4.98 Å². The van der Waals surface area contributed by atoms with Crippen LogP contribution in [0.25, 0.3) is 11.3 Å². The first-order valence-electron chi connectivity index (χ1n) is 5.83. The molecule has 0 bridgehead atoms. The number of thiophene rings is 1. The maximum atomic E-state index is 12.4. The quantitative estimate of drug-likeness (QED) is 0.667. The van der Waals surface area contributed by atoms with E-state index in [1.54, 1.807) is 5.51 Å². The molecule has 0 saturated carbocycles. The van der Waals surface area contributed by atoms with Crippen LogP contribution in [-0.2, 0) is 0 Å². The second-order valence-electron chi connectivity index (χ2n) is 4.24. The molecule has 0 saturated heterocycles. The highest BCUT2D eigenvalue weighted by molar-refractivity contribution is 7.12. The van der Waals surface area contributed by atoms with Crippen LogP contribution in [0.5, 0.6) is 0 Å². The molecule has 0 radical (unpaired) electrons. The molecule has 0 aliphatic heterocycles. The van der Waals surface area contributed by atoms with Crippen LogP contribution >= 0.6 is 22.7 Å². The first-order valence-corrected chi connectivity index (χ1v) is 7.65. The minimum Gasteiger partial charge on any atom is -0.288 e. The van der Waals surface area contributed by atoms with Crippen molar-refractivity contribution in [3.63, 3.8) is 0 Å². The summed E-state index contributed by atoms with van der Waals surface area (Å²) < 4.78 is 0. The van der Waals surface area contributed by atoms with Gasteiger partial charge in [-0.3, -0.25) is 4.79 Å². The number of hydrogen-bond donors (Lipinski definition) is 0. The maximum absolute atomic E-state index is 12.4. The second-order valence-corrected chi connectivity index (χ2v) is 5.87. The highest BCUT2D eigenvalue weighted by atomic mass is 32.1. The largest absolute Gasteiger partial charge is 0.288 e. The van der Waals surface area contributed by atoms with Crippen LogP contribution in [0, 0.1) is 6.92 Å². The molecular weight excluding hydrogens is 274 g/mol. The Bertz CT molecular complexity index is 696. The van der Waals surface area contributed by atoms with Crippen molar-refractivity contribution in [2.75, 3.05) is 0 Å². The van der Waals surface area contributed by atoms with Crippen molar-refractivity contribution in [2.24, 2.45) is 0 Å². The number of carbonyl (C=O) groups excluding carboxylic acids is 1. The van der Waals surface area contributed by atoms with E-state index < -0.39 is 0 Å². The fraction of sp³-hybridized carbons (Fsp3) is 0.0667. The summed E-state index contributed by atoms with van der Waals surface area (Å²) in [6, 6.07) is 9.94. The van der Waals surface area contributed by atoms with Gasteiger partial charge in [0.05, 0.1) is 11.2 Å². The molecule has 2 aromatic heterocycles. The smallest absolute Gasteiger partial charge is 0.206 e. The van der Waals surface area contributed by atoms with Crippen LogP contribution in [-0.4, -0.2) is 10.8 Å². The zero-order valence-corrected chi connectivity index (χ0v) is 11.9. The van der Waals surface area contributed by atoms with Gasteiger partial charge in [-0.05, 0) is 18.4 Å². The summed E-state index contributed by atoms with van der Waals surface area (Å²) in [6.07, 6.45) is 0. The number of hydrogen-bond acceptors (Lipinski definition) is 4. The molecule has 3 rings (SSSR count). The molecule has 19 heavy (non-hydrogen) atoms. The summed E-state index contributed by atoms with van der Waals surface area (Å²) in [5.41, 5.74) is 5.44. The third kappa shape index (κ3) is 2.37. The van der Waals surface area contributed by atoms with Gasteiger partial charge in [0.2, 0.25) is 5.78 Å². The van der Waals surface area contributed by atoms with Crippen molar-refractivity contribution in [1.82, 2.24) is 4.98 Å². The van der Waals surface area contributed by atoms with Gasteiger partial charge in [-0.25, -0.2) is 4.98 Å². The molecule has 1 aromatic carbocycles. The van der Waals surface area contributed by atoms with Crippen molar-refractivity contribution in [3.8, 4) is 11.3 Å². The van der Waals surface area contributed by atoms with E-state index in [0.29, 0.717) is 4.88 Å². The molecule has 0 fully saturated rings. The number of ketones is 1. The first kappa shape index (κ1) is 12.3. The number of carbonyl (C=O) groups is 1. The summed E-state index contributed by atoms with van der Waals surface area (Å²) in [4.78, 5) is 17.5. The second kappa shape index (κ2) is 5.07. The van der Waals surface area contributed by atoms with E-state index in [1.165, 1.54) is 28.2 Å². The molecule has 2 nitrogen and oxygen atoms in total. The molecule has 2 heterocycles. The number of aryl methyl sites for hydroxylation is 1. The van der Waals surface area contributed by atoms with Gasteiger partial charge in [-0.1, -0.05) is 29.8 Å². The lowest BCUT2D eigenvalue weighted by Gasteiger charge is -2.01. The van der Waals surface area contributed by atoms with E-state index in [1.807, 2.05) is 48.0 Å². The molecule has 94 valence electrons. The highest BCUT2D eigenvalue weighted by Gasteiger charge is 2.17. The Hall–Kier alpha value is -1.78. The van der Waals surface area contributed by atoms with Gasteiger partial charge in [-0.15, -0.1) is 11.3 Å². The lowest BCUT2D eigenvalue weighted by Crippen LogP contribution is -1.99. The van der Waals surface area contributed by atoms with Crippen LogP contribution in [0.1, 0.15) is 20.8 Å². The Kier molecular flexibility index (Phi) is 3.27. The average Bonchev–Trinajstić information content (AvgIpc) is 3.10. The van der Waals surface area contributed by atoms with Gasteiger partial charge in [0, 0.05) is 16.5 Å². The lowest BCUT2D eigenvalue weighted by molar-refractivity contribution is 0.104. The van der Waals surface area contributed by atoms with Crippen LogP contribution in [0.2, 0.25) is 0 Å². The SMILES string of the molecule is Cc1ccc(-c2ncsc2C(=O)c2ccsc2)cc1. The first-order chi connectivity index (χ1) is 9.25. The highest BCUT2D eigenvalue weighted by Crippen LogP contribution is 2.28. The Labute approximate surface area is 119 Å². The lowest BCUT2D eigenvalue weighted by atomic mass is 10.1. The fourth-order valence-electron chi connectivity index (χ4n) is 1.85. The minimum absolute atomic E-state index is 0.0549. The summed E-state index contributed by atoms with van der Waals surface area (Å²) in [5.74, 6) is 0.0549. The molecule has 0 atom stereocenters. The van der Waals surface area contributed by atoms with Crippen LogP contribution in [0.4, 0.5) is 0 Å². The number of nitrogens with zero attached hydrogens (tertiary/aromatic N) is 1. The summed E-state index contributed by atoms with van der Waals surface area (Å²) >= 11 is 2.93. The zero-order chi connectivity index (χ0) is 13.2. The number of rotatable bonds is 3. The average molecular weight is 285 g/mol. The van der Waals surface area contributed by atoms with Gasteiger partial charge in [0.1, 0.15) is 4.88 Å². The molecule has 4 heteroatoms. The van der Waals surface area contributed by atoms with E-state index in [0.717, 1.165) is 16.8 Å². The van der Waals surface area contributed by atoms with E-state index >= 15 is 0 Å². The molecular formula is C15H11NOS2. The van der Waals surface area contributed by atoms with Crippen LogP contribution in [0.15, 0.2) is 46.6 Å². The molecule has 0 spiro atoms. The van der Waals surface area contributed by atoms with E-state index in [-0.39, 0.29) is 5.78 Å². The zero-order valence-electron chi connectivity index (χ0n) is 10.3. The Morgan fingerprint density at radius 1 is 1.16 bits per heavy atom. The monoisotopic (exact) mass is 285 g/mol. The predicted octanol–water partition coefficient (Wildman–Crippen LogP) is 4.41. The number of benzene rings is 1. The van der Waals surface area contributed by atoms with Crippen LogP contribution < -0.4 is 0 Å². The van der Waals surface area contributed by atoms with Gasteiger partial charge in [-0.2, -0.15) is 11.3 Å². The fourth-order valence-corrected chi connectivity index (χ4v) is 3.26. The van der Waals surface area contributed by atoms with E-state index in [9.17, 15) is 4.79 Å². The van der Waals surface area contributed by atoms with Gasteiger partial charge < -0.3 is 0 Å². The van der Waals surface area contributed by atoms with Crippen molar-refractivity contribution < 1.29 is 4.79 Å². The molecule has 0 aliphatic rings. The topological polar surface area (TPSA) is 30.0 Å². The standard InChI is InChI=1S/C15H11NOS2/c1-10-2-4-11(5-3-10)13-15(19-9-16-13)14(17)12-6-7-18-8-12/h2-9H,1H3. The van der Waals surface area contributed by atoms with Gasteiger partial charge >= 0.3 is 0 Å². The number of thiazole rings is 1. The van der Waals surface area contributed by atoms with E-state index in [4.69, 9.17) is 0 Å². The summed E-state index contributed by atoms with van der Waals surface area (Å²) in [5, 5.41) is 3.79. The molecule has 0 amide bonds. The van der Waals surface area contributed by atoms with Crippen molar-refractivity contribution in [3.05, 3.63) is 62.6 Å². The molecule has 0 unspecified atom stereocenters. The third-order valence-electron chi connectivity index (χ3n) is 2.88. The Morgan fingerprint density at radius 2 is 1.95 bits per heavy atom. The van der Waals surface area contributed by atoms with Crippen LogP contribution in [0.3, 0.4) is 0 Å². The third-order valence-corrected chi connectivity index (χ3v) is 4.39. The summed E-state index contributed by atoms with van der Waals surface area (Å²) in [7, 11) is 0. The van der Waals surface area contributed by atoms with Gasteiger partial charge in [0.15, 0.2) is 0 Å². The predicted molar refractivity (Wildman–Crippen MR) is 80.0 cm³/mol. The minimum atomic E-state index is 0.0549. The number of aromatic nitrogens is 1. The Morgan fingerprint density at radius 3 is 2.63 bits per heavy atom. The van der Waals surface area contributed by atoms with Gasteiger partial charge in [0.25, 0.3) is 0 Å². The normalized spacial score (nSPS) is 10.6. The maximum Gasteiger partial charge on any atom is 0.206 e. The molecule has 3 aromatic rings. The Balaban J connectivity index is 2.03. The van der Waals surface area contributed by atoms with Crippen molar-refractivity contribution in [2.45, 2.75) is 6.92 Å².